The predicted molar refractivity (Wildman–Crippen MR) is 110 cm³/mol. The second-order valence-corrected chi connectivity index (χ2v) is 6.68. The third-order valence-corrected chi connectivity index (χ3v) is 4.44. The molecule has 1 amide bonds. The highest BCUT2D eigenvalue weighted by atomic mass is 16.5. The zero-order valence-electron chi connectivity index (χ0n) is 15.8. The summed E-state index contributed by atoms with van der Waals surface area (Å²) in [6, 6.07) is 25.4. The highest BCUT2D eigenvalue weighted by molar-refractivity contribution is 5.95. The van der Waals surface area contributed by atoms with Gasteiger partial charge in [-0.15, -0.1) is 0 Å². The summed E-state index contributed by atoms with van der Waals surface area (Å²) >= 11 is 0. The first-order valence-corrected chi connectivity index (χ1v) is 9.36. The van der Waals surface area contributed by atoms with E-state index in [1.165, 1.54) is 0 Å². The predicted octanol–water partition coefficient (Wildman–Crippen LogP) is 6.31. The fraction of sp³-hybridized carbons (Fsp3) is 0.208. The van der Waals surface area contributed by atoms with Crippen LogP contribution in [-0.4, -0.2) is 5.91 Å². The van der Waals surface area contributed by atoms with Gasteiger partial charge in [-0.1, -0.05) is 55.8 Å². The molecular formula is C24H25NO2. The molecule has 0 saturated carbocycles. The lowest BCUT2D eigenvalue weighted by molar-refractivity contribution is -0.117. The van der Waals surface area contributed by atoms with Crippen LogP contribution in [0.3, 0.4) is 0 Å². The number of benzene rings is 3. The molecule has 1 N–H and O–H groups in total. The Balaban J connectivity index is 1.67. The van der Waals surface area contributed by atoms with Crippen LogP contribution >= 0.6 is 0 Å². The number of amides is 1. The Kier molecular flexibility index (Phi) is 6.26. The van der Waals surface area contributed by atoms with Crippen LogP contribution in [0.2, 0.25) is 0 Å². The average molecular weight is 359 g/mol. The monoisotopic (exact) mass is 359 g/mol. The summed E-state index contributed by atoms with van der Waals surface area (Å²) in [6.07, 6.45) is 1.78. The van der Waals surface area contributed by atoms with E-state index in [9.17, 15) is 4.79 Å². The van der Waals surface area contributed by atoms with Gasteiger partial charge < -0.3 is 10.1 Å². The highest BCUT2D eigenvalue weighted by Gasteiger charge is 2.19. The summed E-state index contributed by atoms with van der Waals surface area (Å²) in [5.74, 6) is 1.43. The minimum absolute atomic E-state index is 0.0235. The van der Waals surface area contributed by atoms with E-state index in [2.05, 4.69) is 12.2 Å². The lowest BCUT2D eigenvalue weighted by atomic mass is 9.93. The van der Waals surface area contributed by atoms with E-state index in [1.807, 2.05) is 85.8 Å². The van der Waals surface area contributed by atoms with Crippen LogP contribution < -0.4 is 10.1 Å². The van der Waals surface area contributed by atoms with Gasteiger partial charge in [0, 0.05) is 5.69 Å². The summed E-state index contributed by atoms with van der Waals surface area (Å²) in [7, 11) is 0. The number of aryl methyl sites for hydroxylation is 1. The largest absolute Gasteiger partial charge is 0.457 e. The quantitative estimate of drug-likeness (QED) is 0.537. The summed E-state index contributed by atoms with van der Waals surface area (Å²) in [6.45, 7) is 4.13. The van der Waals surface area contributed by atoms with E-state index in [0.29, 0.717) is 0 Å². The zero-order valence-corrected chi connectivity index (χ0v) is 15.8. The first-order valence-electron chi connectivity index (χ1n) is 9.36. The molecule has 0 bridgehead atoms. The van der Waals surface area contributed by atoms with Crippen molar-refractivity contribution in [2.24, 2.45) is 0 Å². The molecule has 3 nitrogen and oxygen atoms in total. The van der Waals surface area contributed by atoms with Crippen molar-refractivity contribution < 1.29 is 9.53 Å². The zero-order chi connectivity index (χ0) is 19.1. The molecule has 0 heterocycles. The molecule has 0 aliphatic rings. The van der Waals surface area contributed by atoms with E-state index in [-0.39, 0.29) is 11.8 Å². The van der Waals surface area contributed by atoms with Crippen LogP contribution in [-0.2, 0) is 4.79 Å². The van der Waals surface area contributed by atoms with Gasteiger partial charge in [0.1, 0.15) is 11.5 Å². The highest BCUT2D eigenvalue weighted by Crippen LogP contribution is 2.26. The number of hydrogen-bond donors (Lipinski definition) is 1. The molecule has 27 heavy (non-hydrogen) atoms. The summed E-state index contributed by atoms with van der Waals surface area (Å²) in [4.78, 5) is 12.8. The van der Waals surface area contributed by atoms with Gasteiger partial charge >= 0.3 is 0 Å². The molecule has 3 aromatic carbocycles. The minimum Gasteiger partial charge on any atom is -0.457 e. The van der Waals surface area contributed by atoms with Gasteiger partial charge in [-0.2, -0.15) is 0 Å². The second kappa shape index (κ2) is 9.04. The number of ether oxygens (including phenoxy) is 1. The molecule has 1 atom stereocenters. The van der Waals surface area contributed by atoms with Gasteiger partial charge in [-0.05, 0) is 60.9 Å². The van der Waals surface area contributed by atoms with Crippen molar-refractivity contribution in [1.29, 1.82) is 0 Å². The molecule has 0 unspecified atom stereocenters. The van der Waals surface area contributed by atoms with Crippen molar-refractivity contribution in [2.45, 2.75) is 32.6 Å². The van der Waals surface area contributed by atoms with Crippen molar-refractivity contribution in [3.05, 3.63) is 90.0 Å². The maximum absolute atomic E-state index is 12.8. The Morgan fingerprint density at radius 3 is 2.33 bits per heavy atom. The van der Waals surface area contributed by atoms with Crippen LogP contribution in [0.5, 0.6) is 11.5 Å². The van der Waals surface area contributed by atoms with Gasteiger partial charge in [0.25, 0.3) is 0 Å². The Bertz CT molecular complexity index is 872. The maximum atomic E-state index is 12.8. The van der Waals surface area contributed by atoms with Gasteiger partial charge in [-0.3, -0.25) is 4.79 Å². The maximum Gasteiger partial charge on any atom is 0.231 e. The fourth-order valence-corrected chi connectivity index (χ4v) is 3.07. The van der Waals surface area contributed by atoms with E-state index in [1.54, 1.807) is 0 Å². The summed E-state index contributed by atoms with van der Waals surface area (Å²) < 4.78 is 5.86. The second-order valence-electron chi connectivity index (χ2n) is 6.68. The Labute approximate surface area is 161 Å². The van der Waals surface area contributed by atoms with Gasteiger partial charge in [0.15, 0.2) is 0 Å². The van der Waals surface area contributed by atoms with Crippen molar-refractivity contribution in [1.82, 2.24) is 0 Å². The molecule has 0 aliphatic heterocycles. The third-order valence-electron chi connectivity index (χ3n) is 4.44. The molecule has 3 rings (SSSR count). The number of carbonyl (C=O) groups excluding carboxylic acids is 1. The number of nitrogens with one attached hydrogen (secondary N) is 1. The summed E-state index contributed by atoms with van der Waals surface area (Å²) in [5.41, 5.74) is 2.98. The molecule has 3 heteroatoms. The smallest absolute Gasteiger partial charge is 0.231 e. The van der Waals surface area contributed by atoms with Crippen LogP contribution in [0, 0.1) is 6.92 Å². The Morgan fingerprint density at radius 1 is 0.926 bits per heavy atom. The normalized spacial score (nSPS) is 11.6. The van der Waals surface area contributed by atoms with Crippen molar-refractivity contribution in [3.8, 4) is 11.5 Å². The Morgan fingerprint density at radius 2 is 1.67 bits per heavy atom. The standard InChI is InChI=1S/C24H25NO2/c1-3-8-23(19-10-5-4-6-11-19)24(26)25-20-13-15-21(16-14-20)27-22-12-7-9-18(2)17-22/h4-7,9-17,23H,3,8H2,1-2H3,(H,25,26)/t23-/m0/s1. The van der Waals surface area contributed by atoms with Crippen molar-refractivity contribution in [2.75, 3.05) is 5.32 Å². The lowest BCUT2D eigenvalue weighted by Gasteiger charge is -2.17. The third kappa shape index (κ3) is 5.20. The topological polar surface area (TPSA) is 38.3 Å². The SMILES string of the molecule is CCC[C@H](C(=O)Nc1ccc(Oc2cccc(C)c2)cc1)c1ccccc1. The van der Waals surface area contributed by atoms with E-state index < -0.39 is 0 Å². The van der Waals surface area contributed by atoms with Crippen LogP contribution in [0.4, 0.5) is 5.69 Å². The van der Waals surface area contributed by atoms with E-state index >= 15 is 0 Å². The molecule has 3 aromatic rings. The fourth-order valence-electron chi connectivity index (χ4n) is 3.07. The van der Waals surface area contributed by atoms with Gasteiger partial charge in [-0.25, -0.2) is 0 Å². The molecule has 0 fully saturated rings. The van der Waals surface area contributed by atoms with Gasteiger partial charge in [0.2, 0.25) is 5.91 Å². The molecule has 0 aromatic heterocycles. The Hall–Kier alpha value is -3.07. The van der Waals surface area contributed by atoms with E-state index in [4.69, 9.17) is 4.74 Å². The molecule has 0 spiro atoms. The molecule has 0 aliphatic carbocycles. The number of hydrogen-bond acceptors (Lipinski definition) is 2. The number of anilines is 1. The first-order chi connectivity index (χ1) is 13.2. The lowest BCUT2D eigenvalue weighted by Crippen LogP contribution is -2.21. The van der Waals surface area contributed by atoms with Crippen LogP contribution in [0.25, 0.3) is 0 Å². The molecule has 0 radical (unpaired) electrons. The van der Waals surface area contributed by atoms with E-state index in [0.717, 1.165) is 41.2 Å². The minimum atomic E-state index is -0.139. The van der Waals surface area contributed by atoms with Crippen LogP contribution in [0.1, 0.15) is 36.8 Å². The number of rotatable bonds is 7. The van der Waals surface area contributed by atoms with Crippen molar-refractivity contribution >= 4 is 11.6 Å². The number of carbonyl (C=O) groups is 1. The molecule has 0 saturated heterocycles. The van der Waals surface area contributed by atoms with Crippen LogP contribution in [0.15, 0.2) is 78.9 Å². The van der Waals surface area contributed by atoms with Gasteiger partial charge in [0.05, 0.1) is 5.92 Å². The molecule has 138 valence electrons. The summed E-state index contributed by atoms with van der Waals surface area (Å²) in [5, 5.41) is 3.03. The first kappa shape index (κ1) is 18.7. The average Bonchev–Trinajstić information content (AvgIpc) is 2.68. The molecular weight excluding hydrogens is 334 g/mol. The van der Waals surface area contributed by atoms with Crippen molar-refractivity contribution in [3.63, 3.8) is 0 Å².